The van der Waals surface area contributed by atoms with Gasteiger partial charge in [-0.15, -0.1) is 6.58 Å². The molecule has 1 heterocycles. The van der Waals surface area contributed by atoms with E-state index in [0.717, 1.165) is 6.42 Å². The summed E-state index contributed by atoms with van der Waals surface area (Å²) in [4.78, 5) is 23.2. The molecule has 0 aromatic heterocycles. The summed E-state index contributed by atoms with van der Waals surface area (Å²) in [7, 11) is 1.31. The Bertz CT molecular complexity index is 284. The molecule has 0 unspecified atom stereocenters. The molecule has 17 heavy (non-hydrogen) atoms. The number of carbonyl (C=O) groups excluding carboxylic acids is 2. The standard InChI is InChI=1S/C12H19NO4/c1-3-4-6-9(12(15)16-2)13-11(14)10-7-5-8-17-10/h3,9-10H,1,4-8H2,2H3,(H,13,14)/t9-,10-/m0/s1. The first-order chi connectivity index (χ1) is 8.19. The summed E-state index contributed by atoms with van der Waals surface area (Å²) in [5, 5.41) is 2.66. The highest BCUT2D eigenvalue weighted by Crippen LogP contribution is 2.12. The minimum atomic E-state index is -0.616. The number of carbonyl (C=O) groups is 2. The Morgan fingerprint density at radius 2 is 2.41 bits per heavy atom. The van der Waals surface area contributed by atoms with E-state index in [0.29, 0.717) is 25.9 Å². The summed E-state index contributed by atoms with van der Waals surface area (Å²) in [6, 6.07) is -0.616. The summed E-state index contributed by atoms with van der Waals surface area (Å²) in [6.07, 6.45) is 4.01. The molecule has 1 aliphatic heterocycles. The number of amides is 1. The first kappa shape index (κ1) is 13.7. The fraction of sp³-hybridized carbons (Fsp3) is 0.667. The van der Waals surface area contributed by atoms with Crippen molar-refractivity contribution >= 4 is 11.9 Å². The Morgan fingerprint density at radius 3 is 2.94 bits per heavy atom. The predicted molar refractivity (Wildman–Crippen MR) is 62.4 cm³/mol. The van der Waals surface area contributed by atoms with Crippen LogP contribution in [-0.4, -0.2) is 37.7 Å². The molecule has 1 amide bonds. The van der Waals surface area contributed by atoms with E-state index in [4.69, 9.17) is 4.74 Å². The van der Waals surface area contributed by atoms with E-state index in [-0.39, 0.29) is 5.91 Å². The molecule has 0 radical (unpaired) electrons. The first-order valence-corrected chi connectivity index (χ1v) is 5.79. The van der Waals surface area contributed by atoms with Gasteiger partial charge in [-0.25, -0.2) is 4.79 Å². The summed E-state index contributed by atoms with van der Waals surface area (Å²) in [5.41, 5.74) is 0. The molecular weight excluding hydrogens is 222 g/mol. The fourth-order valence-electron chi connectivity index (χ4n) is 1.72. The van der Waals surface area contributed by atoms with Gasteiger partial charge in [-0.05, 0) is 25.7 Å². The van der Waals surface area contributed by atoms with Gasteiger partial charge in [0.15, 0.2) is 0 Å². The zero-order chi connectivity index (χ0) is 12.7. The topological polar surface area (TPSA) is 64.6 Å². The maximum atomic E-state index is 11.8. The molecule has 2 atom stereocenters. The van der Waals surface area contributed by atoms with Crippen LogP contribution in [0.3, 0.4) is 0 Å². The smallest absolute Gasteiger partial charge is 0.328 e. The average molecular weight is 241 g/mol. The normalized spacial score (nSPS) is 20.6. The van der Waals surface area contributed by atoms with E-state index in [9.17, 15) is 9.59 Å². The van der Waals surface area contributed by atoms with Crippen LogP contribution in [0.2, 0.25) is 0 Å². The van der Waals surface area contributed by atoms with Crippen LogP contribution in [-0.2, 0) is 19.1 Å². The van der Waals surface area contributed by atoms with Gasteiger partial charge in [0.05, 0.1) is 7.11 Å². The second-order valence-corrected chi connectivity index (χ2v) is 3.95. The molecule has 1 rings (SSSR count). The van der Waals surface area contributed by atoms with Crippen LogP contribution >= 0.6 is 0 Å². The SMILES string of the molecule is C=CCC[C@H](NC(=O)[C@@H]1CCCO1)C(=O)OC. The summed E-state index contributed by atoms with van der Waals surface area (Å²) >= 11 is 0. The van der Waals surface area contributed by atoms with Crippen molar-refractivity contribution in [3.63, 3.8) is 0 Å². The van der Waals surface area contributed by atoms with Crippen molar-refractivity contribution in [1.82, 2.24) is 5.32 Å². The Balaban J connectivity index is 2.48. The number of methoxy groups -OCH3 is 1. The zero-order valence-electron chi connectivity index (χ0n) is 10.1. The number of esters is 1. The highest BCUT2D eigenvalue weighted by atomic mass is 16.5. The predicted octanol–water partition coefficient (Wildman–Crippen LogP) is 0.789. The molecule has 1 aliphatic rings. The molecule has 0 bridgehead atoms. The molecular formula is C12H19NO4. The van der Waals surface area contributed by atoms with Crippen LogP contribution in [0, 0.1) is 0 Å². The monoisotopic (exact) mass is 241 g/mol. The quantitative estimate of drug-likeness (QED) is 0.551. The Morgan fingerprint density at radius 1 is 1.65 bits per heavy atom. The van der Waals surface area contributed by atoms with Crippen LogP contribution in [0.25, 0.3) is 0 Å². The van der Waals surface area contributed by atoms with Crippen LogP contribution in [0.4, 0.5) is 0 Å². The van der Waals surface area contributed by atoms with Gasteiger partial charge < -0.3 is 14.8 Å². The molecule has 0 aromatic carbocycles. The highest BCUT2D eigenvalue weighted by Gasteiger charge is 2.28. The first-order valence-electron chi connectivity index (χ1n) is 5.79. The molecule has 1 saturated heterocycles. The highest BCUT2D eigenvalue weighted by molar-refractivity contribution is 5.87. The lowest BCUT2D eigenvalue weighted by Crippen LogP contribution is -2.45. The second-order valence-electron chi connectivity index (χ2n) is 3.95. The van der Waals surface area contributed by atoms with Crippen molar-refractivity contribution in [3.05, 3.63) is 12.7 Å². The fourth-order valence-corrected chi connectivity index (χ4v) is 1.72. The number of ether oxygens (including phenoxy) is 2. The molecule has 0 aromatic rings. The molecule has 1 fully saturated rings. The van der Waals surface area contributed by atoms with Gasteiger partial charge in [-0.1, -0.05) is 6.08 Å². The molecule has 5 heteroatoms. The third-order valence-corrected chi connectivity index (χ3v) is 2.68. The summed E-state index contributed by atoms with van der Waals surface area (Å²) in [6.45, 7) is 4.19. The van der Waals surface area contributed by atoms with Crippen molar-refractivity contribution in [1.29, 1.82) is 0 Å². The summed E-state index contributed by atoms with van der Waals surface area (Å²) < 4.78 is 9.89. The van der Waals surface area contributed by atoms with E-state index in [1.165, 1.54) is 7.11 Å². The van der Waals surface area contributed by atoms with Gasteiger partial charge in [0.1, 0.15) is 12.1 Å². The lowest BCUT2D eigenvalue weighted by molar-refractivity contribution is -0.146. The van der Waals surface area contributed by atoms with Gasteiger partial charge in [-0.2, -0.15) is 0 Å². The van der Waals surface area contributed by atoms with Crippen molar-refractivity contribution in [2.75, 3.05) is 13.7 Å². The van der Waals surface area contributed by atoms with Crippen molar-refractivity contribution in [3.8, 4) is 0 Å². The third kappa shape index (κ3) is 4.19. The van der Waals surface area contributed by atoms with Crippen LogP contribution in [0.15, 0.2) is 12.7 Å². The van der Waals surface area contributed by atoms with E-state index < -0.39 is 18.1 Å². The molecule has 96 valence electrons. The van der Waals surface area contributed by atoms with E-state index >= 15 is 0 Å². The van der Waals surface area contributed by atoms with Crippen LogP contribution in [0.1, 0.15) is 25.7 Å². The van der Waals surface area contributed by atoms with Crippen LogP contribution in [0.5, 0.6) is 0 Å². The number of rotatable bonds is 6. The Hall–Kier alpha value is -1.36. The molecule has 5 nitrogen and oxygen atoms in total. The molecule has 0 saturated carbocycles. The van der Waals surface area contributed by atoms with E-state index in [2.05, 4.69) is 16.6 Å². The third-order valence-electron chi connectivity index (χ3n) is 2.68. The number of hydrogen-bond acceptors (Lipinski definition) is 4. The number of allylic oxidation sites excluding steroid dienone is 1. The minimum absolute atomic E-state index is 0.234. The average Bonchev–Trinajstić information content (AvgIpc) is 2.87. The van der Waals surface area contributed by atoms with E-state index in [1.807, 2.05) is 0 Å². The second kappa shape index (κ2) is 7.06. The van der Waals surface area contributed by atoms with Gasteiger partial charge in [0, 0.05) is 6.61 Å². The molecule has 1 N–H and O–H groups in total. The Kier molecular flexibility index (Phi) is 5.69. The van der Waals surface area contributed by atoms with E-state index in [1.54, 1.807) is 6.08 Å². The van der Waals surface area contributed by atoms with Gasteiger partial charge in [0.2, 0.25) is 5.91 Å². The lowest BCUT2D eigenvalue weighted by Gasteiger charge is -2.18. The summed E-state index contributed by atoms with van der Waals surface area (Å²) in [5.74, 6) is -0.667. The van der Waals surface area contributed by atoms with Crippen molar-refractivity contribution in [2.45, 2.75) is 37.8 Å². The number of hydrogen-bond donors (Lipinski definition) is 1. The maximum absolute atomic E-state index is 11.8. The van der Waals surface area contributed by atoms with Crippen LogP contribution < -0.4 is 5.32 Å². The number of nitrogens with one attached hydrogen (secondary N) is 1. The van der Waals surface area contributed by atoms with Crippen molar-refractivity contribution in [2.24, 2.45) is 0 Å². The molecule has 0 aliphatic carbocycles. The molecule has 0 spiro atoms. The van der Waals surface area contributed by atoms with Crippen molar-refractivity contribution < 1.29 is 19.1 Å². The Labute approximate surface area is 101 Å². The van der Waals surface area contributed by atoms with Gasteiger partial charge >= 0.3 is 5.97 Å². The minimum Gasteiger partial charge on any atom is -0.467 e. The van der Waals surface area contributed by atoms with Gasteiger partial charge in [0.25, 0.3) is 0 Å². The zero-order valence-corrected chi connectivity index (χ0v) is 10.1. The maximum Gasteiger partial charge on any atom is 0.328 e. The lowest BCUT2D eigenvalue weighted by atomic mass is 10.1. The van der Waals surface area contributed by atoms with Gasteiger partial charge in [-0.3, -0.25) is 4.79 Å². The largest absolute Gasteiger partial charge is 0.467 e.